The molecule has 0 aliphatic rings. The van der Waals surface area contributed by atoms with E-state index in [0.717, 1.165) is 15.0 Å². The number of hydrogen-bond donors (Lipinski definition) is 0. The van der Waals surface area contributed by atoms with Gasteiger partial charge in [-0.1, -0.05) is 11.3 Å². The van der Waals surface area contributed by atoms with Crippen LogP contribution in [0.1, 0.15) is 16.3 Å². The largest absolute Gasteiger partial charge is 0.245 e. The lowest BCUT2D eigenvalue weighted by Gasteiger charge is -2.00. The molecule has 2 rings (SSSR count). The standard InChI is InChI=1S/C10H8N4S2/c1-6-3-4-8(5-11)9(12-6)16-10-14-13-7(2)15-10/h3-4H,1-2H3. The first-order valence-corrected chi connectivity index (χ1v) is 6.18. The molecule has 0 radical (unpaired) electrons. The molecule has 0 saturated carbocycles. The van der Waals surface area contributed by atoms with Crippen molar-refractivity contribution < 1.29 is 0 Å². The Morgan fingerprint density at radius 1 is 1.31 bits per heavy atom. The number of nitrogens with zero attached hydrogens (tertiary/aromatic N) is 4. The van der Waals surface area contributed by atoms with Gasteiger partial charge in [0.2, 0.25) is 0 Å². The summed E-state index contributed by atoms with van der Waals surface area (Å²) in [6.45, 7) is 3.80. The van der Waals surface area contributed by atoms with Gasteiger partial charge in [-0.3, -0.25) is 0 Å². The number of hydrogen-bond acceptors (Lipinski definition) is 6. The molecular weight excluding hydrogens is 240 g/mol. The van der Waals surface area contributed by atoms with Crippen molar-refractivity contribution in [2.45, 2.75) is 23.2 Å². The molecule has 0 aliphatic heterocycles. The van der Waals surface area contributed by atoms with E-state index >= 15 is 0 Å². The van der Waals surface area contributed by atoms with Crippen molar-refractivity contribution in [3.63, 3.8) is 0 Å². The molecule has 2 aromatic heterocycles. The smallest absolute Gasteiger partial charge is 0.180 e. The molecule has 0 aromatic carbocycles. The van der Waals surface area contributed by atoms with Crippen LogP contribution in [0.2, 0.25) is 0 Å². The fourth-order valence-electron chi connectivity index (χ4n) is 1.10. The highest BCUT2D eigenvalue weighted by molar-refractivity contribution is 8.01. The van der Waals surface area contributed by atoms with Gasteiger partial charge >= 0.3 is 0 Å². The maximum atomic E-state index is 8.96. The Labute approximate surface area is 101 Å². The number of aromatic nitrogens is 3. The molecule has 0 fully saturated rings. The minimum absolute atomic E-state index is 0.573. The van der Waals surface area contributed by atoms with Gasteiger partial charge < -0.3 is 0 Å². The van der Waals surface area contributed by atoms with Crippen molar-refractivity contribution in [3.8, 4) is 6.07 Å². The van der Waals surface area contributed by atoms with Gasteiger partial charge in [-0.05, 0) is 37.7 Å². The van der Waals surface area contributed by atoms with Crippen LogP contribution in [-0.4, -0.2) is 15.2 Å². The minimum Gasteiger partial charge on any atom is -0.245 e. The lowest BCUT2D eigenvalue weighted by Crippen LogP contribution is -1.89. The molecule has 0 unspecified atom stereocenters. The van der Waals surface area contributed by atoms with Gasteiger partial charge in [0.1, 0.15) is 16.1 Å². The summed E-state index contributed by atoms with van der Waals surface area (Å²) < 4.78 is 0.812. The fourth-order valence-corrected chi connectivity index (χ4v) is 2.94. The van der Waals surface area contributed by atoms with E-state index in [1.165, 1.54) is 23.1 Å². The first-order chi connectivity index (χ1) is 7.69. The molecule has 0 N–H and O–H groups in total. The SMILES string of the molecule is Cc1ccc(C#N)c(Sc2nnc(C)s2)n1. The molecular formula is C10H8N4S2. The topological polar surface area (TPSA) is 62.5 Å². The van der Waals surface area contributed by atoms with Crippen LogP contribution in [0.5, 0.6) is 0 Å². The van der Waals surface area contributed by atoms with Crippen LogP contribution in [0.3, 0.4) is 0 Å². The van der Waals surface area contributed by atoms with Gasteiger partial charge in [-0.2, -0.15) is 5.26 Å². The Kier molecular flexibility index (Phi) is 3.17. The van der Waals surface area contributed by atoms with E-state index in [9.17, 15) is 0 Å². The van der Waals surface area contributed by atoms with Crippen LogP contribution in [0.15, 0.2) is 21.5 Å². The molecule has 2 heterocycles. The Morgan fingerprint density at radius 3 is 2.75 bits per heavy atom. The summed E-state index contributed by atoms with van der Waals surface area (Å²) in [4.78, 5) is 4.33. The minimum atomic E-state index is 0.573. The molecule has 0 amide bonds. The maximum Gasteiger partial charge on any atom is 0.180 e. The van der Waals surface area contributed by atoms with Crippen molar-refractivity contribution >= 4 is 23.1 Å². The normalized spacial score (nSPS) is 10.1. The third kappa shape index (κ3) is 2.38. The van der Waals surface area contributed by atoms with Crippen LogP contribution < -0.4 is 0 Å². The van der Waals surface area contributed by atoms with Crippen LogP contribution >= 0.6 is 23.1 Å². The molecule has 80 valence electrons. The van der Waals surface area contributed by atoms with Crippen LogP contribution in [0, 0.1) is 25.2 Å². The summed E-state index contributed by atoms with van der Waals surface area (Å²) in [5.41, 5.74) is 1.46. The van der Waals surface area contributed by atoms with E-state index in [-0.39, 0.29) is 0 Å². The molecule has 0 bridgehead atoms. The summed E-state index contributed by atoms with van der Waals surface area (Å²) in [7, 11) is 0. The zero-order valence-corrected chi connectivity index (χ0v) is 10.4. The second-order valence-corrected chi connectivity index (χ2v) is 5.52. The quantitative estimate of drug-likeness (QED) is 0.817. The molecule has 6 heteroatoms. The van der Waals surface area contributed by atoms with E-state index in [2.05, 4.69) is 21.3 Å². The highest BCUT2D eigenvalue weighted by Crippen LogP contribution is 2.30. The molecule has 0 saturated heterocycles. The third-order valence-electron chi connectivity index (χ3n) is 1.81. The Bertz CT molecular complexity index is 556. The van der Waals surface area contributed by atoms with Crippen LogP contribution in [-0.2, 0) is 0 Å². The highest BCUT2D eigenvalue weighted by Gasteiger charge is 2.09. The van der Waals surface area contributed by atoms with Gasteiger partial charge in [0.05, 0.1) is 5.56 Å². The Balaban J connectivity index is 2.34. The van der Waals surface area contributed by atoms with Gasteiger partial charge in [0, 0.05) is 5.69 Å². The lowest BCUT2D eigenvalue weighted by molar-refractivity contribution is 0.977. The monoisotopic (exact) mass is 248 g/mol. The van der Waals surface area contributed by atoms with Gasteiger partial charge in [0.25, 0.3) is 0 Å². The number of aryl methyl sites for hydroxylation is 2. The summed E-state index contributed by atoms with van der Waals surface area (Å²) >= 11 is 2.88. The zero-order valence-electron chi connectivity index (χ0n) is 8.76. The number of pyridine rings is 1. The van der Waals surface area contributed by atoms with E-state index < -0.39 is 0 Å². The summed E-state index contributed by atoms with van der Waals surface area (Å²) in [5.74, 6) is 0. The Morgan fingerprint density at radius 2 is 2.12 bits per heavy atom. The van der Waals surface area contributed by atoms with E-state index in [0.29, 0.717) is 10.6 Å². The van der Waals surface area contributed by atoms with E-state index in [1.807, 2.05) is 19.9 Å². The average Bonchev–Trinajstić information content (AvgIpc) is 2.64. The predicted octanol–water partition coefficient (Wildman–Crippen LogP) is 2.57. The van der Waals surface area contributed by atoms with Crippen molar-refractivity contribution in [2.24, 2.45) is 0 Å². The van der Waals surface area contributed by atoms with Gasteiger partial charge in [-0.25, -0.2) is 4.98 Å². The van der Waals surface area contributed by atoms with Crippen LogP contribution in [0.4, 0.5) is 0 Å². The molecule has 0 atom stereocenters. The third-order valence-corrected chi connectivity index (χ3v) is 3.71. The first kappa shape index (κ1) is 11.0. The van der Waals surface area contributed by atoms with E-state index in [4.69, 9.17) is 5.26 Å². The highest BCUT2D eigenvalue weighted by atomic mass is 32.2. The first-order valence-electron chi connectivity index (χ1n) is 4.55. The number of rotatable bonds is 2. The summed E-state index contributed by atoms with van der Waals surface area (Å²) in [6, 6.07) is 5.73. The molecule has 0 spiro atoms. The lowest BCUT2D eigenvalue weighted by atomic mass is 10.3. The second-order valence-electron chi connectivity index (χ2n) is 3.11. The second kappa shape index (κ2) is 4.60. The van der Waals surface area contributed by atoms with E-state index in [1.54, 1.807) is 6.07 Å². The molecule has 4 nitrogen and oxygen atoms in total. The number of nitriles is 1. The fraction of sp³-hybridized carbons (Fsp3) is 0.200. The van der Waals surface area contributed by atoms with Gasteiger partial charge in [-0.15, -0.1) is 10.2 Å². The van der Waals surface area contributed by atoms with Crippen molar-refractivity contribution in [3.05, 3.63) is 28.4 Å². The van der Waals surface area contributed by atoms with Gasteiger partial charge in [0.15, 0.2) is 4.34 Å². The molecule has 0 aliphatic carbocycles. The zero-order chi connectivity index (χ0) is 11.5. The van der Waals surface area contributed by atoms with Crippen molar-refractivity contribution in [1.82, 2.24) is 15.2 Å². The summed E-state index contributed by atoms with van der Waals surface area (Å²) in [6.07, 6.45) is 0. The molecule has 2 aromatic rings. The predicted molar refractivity (Wildman–Crippen MR) is 62.5 cm³/mol. The summed E-state index contributed by atoms with van der Waals surface area (Å²) in [5, 5.41) is 18.5. The van der Waals surface area contributed by atoms with Crippen molar-refractivity contribution in [2.75, 3.05) is 0 Å². The van der Waals surface area contributed by atoms with Crippen LogP contribution in [0.25, 0.3) is 0 Å². The Hall–Kier alpha value is -1.45. The van der Waals surface area contributed by atoms with Crippen molar-refractivity contribution in [1.29, 1.82) is 5.26 Å². The average molecular weight is 248 g/mol. The maximum absolute atomic E-state index is 8.96. The molecule has 16 heavy (non-hydrogen) atoms.